The average Bonchev–Trinajstić information content (AvgIpc) is 3.26. The Balaban J connectivity index is 1.26. The van der Waals surface area contributed by atoms with E-state index in [1.54, 1.807) is 12.1 Å². The number of nitriles is 1. The van der Waals surface area contributed by atoms with Gasteiger partial charge in [0.15, 0.2) is 0 Å². The minimum Gasteiger partial charge on any atom is -0.489 e. The third kappa shape index (κ3) is 3.91. The fraction of sp³-hybridized carbons (Fsp3) is 0.214. The number of ether oxygens (including phenoxy) is 1. The molecule has 8 nitrogen and oxygen atoms in total. The lowest BCUT2D eigenvalue weighted by Crippen LogP contribution is -2.33. The van der Waals surface area contributed by atoms with Crippen molar-refractivity contribution in [3.05, 3.63) is 94.8 Å². The Labute approximate surface area is 218 Å². The van der Waals surface area contributed by atoms with Gasteiger partial charge in [0.1, 0.15) is 23.8 Å². The van der Waals surface area contributed by atoms with Gasteiger partial charge in [-0.2, -0.15) is 9.57 Å². The van der Waals surface area contributed by atoms with E-state index in [0.29, 0.717) is 47.4 Å². The topological polar surface area (TPSA) is 112 Å². The van der Waals surface area contributed by atoms with E-state index in [1.807, 2.05) is 36.4 Å². The molecule has 1 N–H and O–H groups in total. The highest BCUT2D eigenvalue weighted by Crippen LogP contribution is 2.53. The molecule has 1 unspecified atom stereocenters. The highest BCUT2D eigenvalue weighted by Gasteiger charge is 2.77. The maximum atomic E-state index is 14.2. The molecule has 10 heteroatoms. The van der Waals surface area contributed by atoms with Gasteiger partial charge in [0, 0.05) is 23.9 Å². The summed E-state index contributed by atoms with van der Waals surface area (Å²) in [6.45, 7) is 0.632. The Hall–Kier alpha value is -4.20. The number of halogens is 1. The van der Waals surface area contributed by atoms with Crippen LogP contribution in [0.2, 0.25) is 0 Å². The van der Waals surface area contributed by atoms with E-state index in [-0.39, 0.29) is 18.7 Å². The summed E-state index contributed by atoms with van der Waals surface area (Å²) in [7, 11) is -3.64. The third-order valence-corrected chi connectivity index (χ3v) is 9.43. The summed E-state index contributed by atoms with van der Waals surface area (Å²) < 4.78 is 52.0. The number of anilines is 1. The molecule has 6 rings (SSSR count). The van der Waals surface area contributed by atoms with Crippen molar-refractivity contribution >= 4 is 32.8 Å². The zero-order chi connectivity index (χ0) is 26.5. The van der Waals surface area contributed by atoms with Crippen molar-refractivity contribution in [3.8, 4) is 11.8 Å². The van der Waals surface area contributed by atoms with Gasteiger partial charge < -0.3 is 9.15 Å². The summed E-state index contributed by atoms with van der Waals surface area (Å²) >= 11 is 0. The maximum absolute atomic E-state index is 14.2. The zero-order valence-electron chi connectivity index (χ0n) is 20.1. The molecule has 3 heterocycles. The van der Waals surface area contributed by atoms with Crippen LogP contribution in [0.15, 0.2) is 71.1 Å². The van der Waals surface area contributed by atoms with Gasteiger partial charge in [-0.05, 0) is 66.4 Å². The molecule has 0 saturated carbocycles. The number of rotatable bonds is 7. The van der Waals surface area contributed by atoms with Crippen LogP contribution in [0.4, 0.5) is 10.3 Å². The summed E-state index contributed by atoms with van der Waals surface area (Å²) in [5, 5.41) is 12.1. The van der Waals surface area contributed by atoms with Gasteiger partial charge >= 0.3 is 0 Å². The standard InChI is InChI=1S/C28H22FN3O5S/c29-21-9-10-25-23(15-21)24(26(37-25)31-27(33)28-11-2-12-32(28)38(28,34)35)14-20-3-1-4-22(13-20)36-17-19-7-5-18(16-30)6-8-19/h1,3-10,13,15H,2,11-12,14,17H2,(H,31,33)/t28-,32?/m0/s1. The second-order valence-electron chi connectivity index (χ2n) is 9.39. The molecule has 3 aromatic carbocycles. The highest BCUT2D eigenvalue weighted by molar-refractivity contribution is 7.98. The summed E-state index contributed by atoms with van der Waals surface area (Å²) in [5.74, 6) is -0.402. The third-order valence-electron chi connectivity index (χ3n) is 7.07. The summed E-state index contributed by atoms with van der Waals surface area (Å²) in [5.41, 5.74) is 3.22. The number of carbonyl (C=O) groups is 1. The quantitative estimate of drug-likeness (QED) is 0.347. The van der Waals surface area contributed by atoms with E-state index in [2.05, 4.69) is 11.4 Å². The first-order valence-corrected chi connectivity index (χ1v) is 13.5. The molecule has 2 fully saturated rings. The number of benzene rings is 3. The van der Waals surface area contributed by atoms with Gasteiger partial charge in [0.25, 0.3) is 5.91 Å². The van der Waals surface area contributed by atoms with E-state index < -0.39 is 26.6 Å². The predicted octanol–water partition coefficient (Wildman–Crippen LogP) is 4.69. The summed E-state index contributed by atoms with van der Waals surface area (Å²) in [4.78, 5) is 11.6. The lowest BCUT2D eigenvalue weighted by Gasteiger charge is -2.10. The molecule has 2 saturated heterocycles. The lowest BCUT2D eigenvalue weighted by atomic mass is 10.0. The molecule has 0 bridgehead atoms. The predicted molar refractivity (Wildman–Crippen MR) is 137 cm³/mol. The number of fused-ring (bicyclic) bond motifs is 2. The van der Waals surface area contributed by atoms with Crippen molar-refractivity contribution in [3.63, 3.8) is 0 Å². The fourth-order valence-electron chi connectivity index (χ4n) is 5.09. The number of hydrogen-bond acceptors (Lipinski definition) is 6. The van der Waals surface area contributed by atoms with Gasteiger partial charge in [-0.1, -0.05) is 24.3 Å². The minimum atomic E-state index is -3.64. The van der Waals surface area contributed by atoms with Crippen molar-refractivity contribution in [2.75, 3.05) is 11.9 Å². The lowest BCUT2D eigenvalue weighted by molar-refractivity contribution is -0.118. The normalized spacial score (nSPS) is 21.0. The largest absolute Gasteiger partial charge is 0.489 e. The van der Waals surface area contributed by atoms with Crippen LogP contribution in [-0.2, 0) is 27.8 Å². The Bertz CT molecular complexity index is 1730. The maximum Gasteiger partial charge on any atom is 0.265 e. The average molecular weight is 532 g/mol. The van der Waals surface area contributed by atoms with Crippen molar-refractivity contribution in [1.29, 1.82) is 5.26 Å². The zero-order valence-corrected chi connectivity index (χ0v) is 20.9. The van der Waals surface area contributed by atoms with Crippen LogP contribution < -0.4 is 10.1 Å². The number of furan rings is 1. The first kappa shape index (κ1) is 24.2. The van der Waals surface area contributed by atoms with Crippen LogP contribution >= 0.6 is 0 Å². The van der Waals surface area contributed by atoms with E-state index in [1.165, 1.54) is 22.5 Å². The molecule has 192 valence electrons. The summed E-state index contributed by atoms with van der Waals surface area (Å²) in [6, 6.07) is 20.6. The molecule has 2 atom stereocenters. The SMILES string of the molecule is N#Cc1ccc(COc2cccc(Cc3c(NC(=O)[C@@]45CCCN4S5(=O)=O)oc4ccc(F)cc34)c2)cc1. The van der Waals surface area contributed by atoms with Crippen LogP contribution in [0.5, 0.6) is 5.75 Å². The smallest absolute Gasteiger partial charge is 0.265 e. The van der Waals surface area contributed by atoms with Crippen molar-refractivity contribution in [2.45, 2.75) is 30.7 Å². The Morgan fingerprint density at radius 2 is 1.95 bits per heavy atom. The molecule has 38 heavy (non-hydrogen) atoms. The molecule has 2 aliphatic heterocycles. The van der Waals surface area contributed by atoms with Gasteiger partial charge in [-0.25, -0.2) is 12.8 Å². The number of sulfonamides is 1. The number of nitrogens with one attached hydrogen (secondary N) is 1. The van der Waals surface area contributed by atoms with E-state index in [9.17, 15) is 17.6 Å². The number of hydrogen-bond donors (Lipinski definition) is 1. The van der Waals surface area contributed by atoms with Crippen molar-refractivity contribution < 1.29 is 26.8 Å². The van der Waals surface area contributed by atoms with Gasteiger partial charge in [0.05, 0.1) is 11.6 Å². The minimum absolute atomic E-state index is 0.0998. The second-order valence-corrected chi connectivity index (χ2v) is 11.5. The number of nitrogens with zero attached hydrogens (tertiary/aromatic N) is 2. The van der Waals surface area contributed by atoms with E-state index >= 15 is 0 Å². The Kier molecular flexibility index (Phi) is 5.70. The van der Waals surface area contributed by atoms with E-state index in [0.717, 1.165) is 11.1 Å². The van der Waals surface area contributed by atoms with Crippen LogP contribution in [0.25, 0.3) is 11.0 Å². The van der Waals surface area contributed by atoms with Crippen LogP contribution in [0.3, 0.4) is 0 Å². The van der Waals surface area contributed by atoms with Gasteiger partial charge in [0.2, 0.25) is 20.8 Å². The first-order valence-electron chi connectivity index (χ1n) is 12.1. The first-order chi connectivity index (χ1) is 18.3. The molecule has 0 aliphatic carbocycles. The van der Waals surface area contributed by atoms with Crippen LogP contribution in [-0.4, -0.2) is 30.0 Å². The molecule has 2 aliphatic rings. The van der Waals surface area contributed by atoms with Crippen molar-refractivity contribution in [2.24, 2.45) is 0 Å². The number of amides is 1. The molecule has 4 aromatic rings. The Morgan fingerprint density at radius 1 is 1.13 bits per heavy atom. The fourth-order valence-corrected chi connectivity index (χ4v) is 7.26. The highest BCUT2D eigenvalue weighted by atomic mass is 32.2. The monoisotopic (exact) mass is 531 g/mol. The summed E-state index contributed by atoms with van der Waals surface area (Å²) in [6.07, 6.45) is 1.12. The molecule has 1 amide bonds. The molecular weight excluding hydrogens is 509 g/mol. The van der Waals surface area contributed by atoms with Gasteiger partial charge in [-0.15, -0.1) is 0 Å². The molecular formula is C28H22FN3O5S. The van der Waals surface area contributed by atoms with E-state index in [4.69, 9.17) is 14.4 Å². The molecule has 0 spiro atoms. The van der Waals surface area contributed by atoms with Crippen molar-refractivity contribution in [1.82, 2.24) is 4.31 Å². The molecule has 1 aromatic heterocycles. The second kappa shape index (κ2) is 8.97. The number of carbonyl (C=O) groups excluding carboxylic acids is 1. The Morgan fingerprint density at radius 3 is 2.68 bits per heavy atom. The van der Waals surface area contributed by atoms with Gasteiger partial charge in [-0.3, -0.25) is 10.1 Å². The van der Waals surface area contributed by atoms with Crippen LogP contribution in [0, 0.1) is 17.1 Å². The van der Waals surface area contributed by atoms with Crippen LogP contribution in [0.1, 0.15) is 35.1 Å². The molecule has 0 radical (unpaired) electrons.